The fourth-order valence-electron chi connectivity index (χ4n) is 2.00. The summed E-state index contributed by atoms with van der Waals surface area (Å²) < 4.78 is 0. The number of hydrogen-bond acceptors (Lipinski definition) is 3. The van der Waals surface area contributed by atoms with Gasteiger partial charge in [0, 0.05) is 26.7 Å². The topological polar surface area (TPSA) is 77.9 Å². The van der Waals surface area contributed by atoms with Crippen LogP contribution < -0.4 is 0 Å². The Balaban J connectivity index is 2.20. The van der Waals surface area contributed by atoms with E-state index in [1.807, 2.05) is 0 Å². The van der Waals surface area contributed by atoms with Gasteiger partial charge in [-0.15, -0.1) is 0 Å². The number of likely N-dealkylation sites (N-methyl/N-ethyl adjacent to an activating group) is 1. The lowest BCUT2D eigenvalue weighted by Gasteiger charge is -2.31. The molecular formula is C13H14N2O4. The zero-order valence-electron chi connectivity index (χ0n) is 10.5. The lowest BCUT2D eigenvalue weighted by molar-refractivity contribution is -0.155. The molecular weight excluding hydrogens is 248 g/mol. The monoisotopic (exact) mass is 262 g/mol. The summed E-state index contributed by atoms with van der Waals surface area (Å²) in [6.45, 7) is 1.01. The van der Waals surface area contributed by atoms with E-state index in [1.54, 1.807) is 25.2 Å². The van der Waals surface area contributed by atoms with Gasteiger partial charge < -0.3 is 14.9 Å². The van der Waals surface area contributed by atoms with E-state index in [-0.39, 0.29) is 12.1 Å². The van der Waals surface area contributed by atoms with E-state index in [4.69, 9.17) is 5.11 Å². The summed E-state index contributed by atoms with van der Waals surface area (Å²) in [5.74, 6) is -2.18. The second kappa shape index (κ2) is 5.09. The number of aromatic carboxylic acids is 1. The summed E-state index contributed by atoms with van der Waals surface area (Å²) in [5.41, 5.74) is 0.683. The van der Waals surface area contributed by atoms with Crippen LogP contribution in [0.15, 0.2) is 24.3 Å². The van der Waals surface area contributed by atoms with Crippen LogP contribution in [0.25, 0.3) is 0 Å². The molecule has 0 radical (unpaired) electrons. The number of nitrogens with zero attached hydrogens (tertiary/aromatic N) is 2. The number of carbonyl (C=O) groups is 3. The van der Waals surface area contributed by atoms with Gasteiger partial charge in [0.1, 0.15) is 0 Å². The number of carbonyl (C=O) groups excluding carboxylic acids is 2. The van der Waals surface area contributed by atoms with Crippen molar-refractivity contribution in [3.63, 3.8) is 0 Å². The Bertz CT molecular complexity index is 541. The molecule has 1 N–H and O–H groups in total. The summed E-state index contributed by atoms with van der Waals surface area (Å²) >= 11 is 0. The Kier molecular flexibility index (Phi) is 3.50. The van der Waals surface area contributed by atoms with Gasteiger partial charge in [-0.3, -0.25) is 9.59 Å². The molecule has 1 heterocycles. The second-order valence-corrected chi connectivity index (χ2v) is 4.42. The van der Waals surface area contributed by atoms with Gasteiger partial charge in [0.15, 0.2) is 0 Å². The molecule has 0 atom stereocenters. The third-order valence-corrected chi connectivity index (χ3v) is 3.13. The second-order valence-electron chi connectivity index (χ2n) is 4.42. The van der Waals surface area contributed by atoms with Crippen molar-refractivity contribution in [2.75, 3.05) is 20.1 Å². The van der Waals surface area contributed by atoms with Gasteiger partial charge in [0.25, 0.3) is 0 Å². The highest BCUT2D eigenvalue weighted by molar-refractivity contribution is 6.35. The number of amides is 2. The van der Waals surface area contributed by atoms with Gasteiger partial charge in [-0.1, -0.05) is 18.2 Å². The SMILES string of the molecule is CN1CCN(Cc2ccccc2C(=O)O)C(=O)C1=O. The van der Waals surface area contributed by atoms with Crippen LogP contribution in [0.2, 0.25) is 0 Å². The smallest absolute Gasteiger partial charge is 0.336 e. The van der Waals surface area contributed by atoms with Crippen molar-refractivity contribution in [2.45, 2.75) is 6.54 Å². The van der Waals surface area contributed by atoms with Crippen molar-refractivity contribution in [3.05, 3.63) is 35.4 Å². The Morgan fingerprint density at radius 2 is 1.89 bits per heavy atom. The number of carboxylic acid groups (broad SMARTS) is 1. The maximum Gasteiger partial charge on any atom is 0.336 e. The van der Waals surface area contributed by atoms with Crippen LogP contribution in [0.5, 0.6) is 0 Å². The van der Waals surface area contributed by atoms with Gasteiger partial charge in [-0.05, 0) is 11.6 Å². The van der Waals surface area contributed by atoms with Crippen LogP contribution >= 0.6 is 0 Å². The summed E-state index contributed by atoms with van der Waals surface area (Å²) in [6.07, 6.45) is 0. The molecule has 1 saturated heterocycles. The lowest BCUT2D eigenvalue weighted by atomic mass is 10.1. The standard InChI is InChI=1S/C13H14N2O4/c1-14-6-7-15(12(17)11(14)16)8-9-4-2-3-5-10(9)13(18)19/h2-5H,6-8H2,1H3,(H,18,19). The minimum atomic E-state index is -1.04. The molecule has 0 spiro atoms. The van der Waals surface area contributed by atoms with E-state index < -0.39 is 17.8 Å². The first-order valence-corrected chi connectivity index (χ1v) is 5.86. The van der Waals surface area contributed by atoms with E-state index >= 15 is 0 Å². The predicted molar refractivity (Wildman–Crippen MR) is 66.5 cm³/mol. The van der Waals surface area contributed by atoms with Crippen LogP contribution in [0.3, 0.4) is 0 Å². The van der Waals surface area contributed by atoms with Crippen molar-refractivity contribution in [1.29, 1.82) is 0 Å². The molecule has 0 saturated carbocycles. The zero-order valence-corrected chi connectivity index (χ0v) is 10.5. The van der Waals surface area contributed by atoms with E-state index in [2.05, 4.69) is 0 Å². The molecule has 1 aliphatic heterocycles. The minimum absolute atomic E-state index is 0.140. The normalized spacial score (nSPS) is 15.8. The van der Waals surface area contributed by atoms with Crippen LogP contribution in [0.4, 0.5) is 0 Å². The molecule has 1 aromatic rings. The maximum atomic E-state index is 11.8. The summed E-state index contributed by atoms with van der Waals surface area (Å²) in [5, 5.41) is 9.08. The Hall–Kier alpha value is -2.37. The molecule has 0 unspecified atom stereocenters. The highest BCUT2D eigenvalue weighted by atomic mass is 16.4. The molecule has 1 aromatic carbocycles. The van der Waals surface area contributed by atoms with E-state index in [0.29, 0.717) is 18.7 Å². The molecule has 1 fully saturated rings. The number of hydrogen-bond donors (Lipinski definition) is 1. The minimum Gasteiger partial charge on any atom is -0.478 e. The van der Waals surface area contributed by atoms with E-state index in [1.165, 1.54) is 15.9 Å². The molecule has 0 bridgehead atoms. The highest BCUT2D eigenvalue weighted by Crippen LogP contribution is 2.14. The molecule has 0 aromatic heterocycles. The van der Waals surface area contributed by atoms with Gasteiger partial charge >= 0.3 is 17.8 Å². The summed E-state index contributed by atoms with van der Waals surface area (Å²) in [4.78, 5) is 37.2. The number of rotatable bonds is 3. The summed E-state index contributed by atoms with van der Waals surface area (Å²) in [6, 6.07) is 6.48. The van der Waals surface area contributed by atoms with Gasteiger partial charge in [0.2, 0.25) is 0 Å². The quantitative estimate of drug-likeness (QED) is 0.788. The van der Waals surface area contributed by atoms with Crippen LogP contribution in [0.1, 0.15) is 15.9 Å². The summed E-state index contributed by atoms with van der Waals surface area (Å²) in [7, 11) is 1.57. The number of benzene rings is 1. The van der Waals surface area contributed by atoms with Crippen LogP contribution in [0, 0.1) is 0 Å². The fourth-order valence-corrected chi connectivity index (χ4v) is 2.00. The van der Waals surface area contributed by atoms with Gasteiger partial charge in [-0.2, -0.15) is 0 Å². The molecule has 6 heteroatoms. The Morgan fingerprint density at radius 1 is 1.21 bits per heavy atom. The van der Waals surface area contributed by atoms with Crippen molar-refractivity contribution >= 4 is 17.8 Å². The average molecular weight is 262 g/mol. The Morgan fingerprint density at radius 3 is 2.58 bits per heavy atom. The highest BCUT2D eigenvalue weighted by Gasteiger charge is 2.30. The van der Waals surface area contributed by atoms with Crippen molar-refractivity contribution in [3.8, 4) is 0 Å². The van der Waals surface area contributed by atoms with E-state index in [0.717, 1.165) is 0 Å². The van der Waals surface area contributed by atoms with Crippen molar-refractivity contribution < 1.29 is 19.5 Å². The van der Waals surface area contributed by atoms with Gasteiger partial charge in [0.05, 0.1) is 5.56 Å². The molecule has 0 aliphatic carbocycles. The van der Waals surface area contributed by atoms with Gasteiger partial charge in [-0.25, -0.2) is 4.79 Å². The third kappa shape index (κ3) is 2.57. The molecule has 19 heavy (non-hydrogen) atoms. The van der Waals surface area contributed by atoms with Crippen LogP contribution in [-0.2, 0) is 16.1 Å². The van der Waals surface area contributed by atoms with Crippen molar-refractivity contribution in [1.82, 2.24) is 9.80 Å². The average Bonchev–Trinajstić information content (AvgIpc) is 2.40. The largest absolute Gasteiger partial charge is 0.478 e. The van der Waals surface area contributed by atoms with Crippen LogP contribution in [-0.4, -0.2) is 52.8 Å². The van der Waals surface area contributed by atoms with E-state index in [9.17, 15) is 14.4 Å². The first kappa shape index (κ1) is 13.1. The Labute approximate surface area is 110 Å². The first-order chi connectivity index (χ1) is 9.00. The molecule has 2 amide bonds. The molecule has 1 aliphatic rings. The maximum absolute atomic E-state index is 11.8. The lowest BCUT2D eigenvalue weighted by Crippen LogP contribution is -2.52. The molecule has 100 valence electrons. The number of carboxylic acids is 1. The fraction of sp³-hybridized carbons (Fsp3) is 0.308. The predicted octanol–water partition coefficient (Wildman–Crippen LogP) is 0.185. The molecule has 6 nitrogen and oxygen atoms in total. The zero-order chi connectivity index (χ0) is 14.0. The molecule has 2 rings (SSSR count). The van der Waals surface area contributed by atoms with Crippen molar-refractivity contribution in [2.24, 2.45) is 0 Å². The number of piperazine rings is 1. The first-order valence-electron chi connectivity index (χ1n) is 5.86. The third-order valence-electron chi connectivity index (χ3n) is 3.13.